The van der Waals surface area contributed by atoms with Gasteiger partial charge in [0, 0.05) is 17.8 Å². The number of amides is 1. The van der Waals surface area contributed by atoms with Gasteiger partial charge in [0.25, 0.3) is 0 Å². The predicted molar refractivity (Wildman–Crippen MR) is 110 cm³/mol. The average molecular weight is 433 g/mol. The predicted octanol–water partition coefficient (Wildman–Crippen LogP) is 3.48. The first-order chi connectivity index (χ1) is 13.9. The summed E-state index contributed by atoms with van der Waals surface area (Å²) >= 11 is 7.08. The van der Waals surface area contributed by atoms with Gasteiger partial charge in [-0.3, -0.25) is 4.79 Å². The van der Waals surface area contributed by atoms with Crippen LogP contribution in [-0.4, -0.2) is 37.5 Å². The summed E-state index contributed by atoms with van der Waals surface area (Å²) in [6.07, 6.45) is 0. The molecular weight excluding hydrogens is 416 g/mol. The lowest BCUT2D eigenvalue weighted by Gasteiger charge is -2.07. The Bertz CT molecular complexity index is 1010. The first kappa shape index (κ1) is 20.7. The monoisotopic (exact) mass is 432 g/mol. The fraction of sp³-hybridized carbons (Fsp3) is 0.158. The van der Waals surface area contributed by atoms with E-state index in [0.29, 0.717) is 27.4 Å². The van der Waals surface area contributed by atoms with Crippen molar-refractivity contribution in [3.8, 4) is 5.75 Å². The fourth-order valence-corrected chi connectivity index (χ4v) is 3.15. The molecule has 1 heterocycles. The zero-order chi connectivity index (χ0) is 20.8. The Kier molecular flexibility index (Phi) is 6.73. The molecule has 1 amide bonds. The number of ether oxygens (including phenoxy) is 1. The van der Waals surface area contributed by atoms with Gasteiger partial charge in [-0.2, -0.15) is 0 Å². The zero-order valence-corrected chi connectivity index (χ0v) is 16.9. The van der Waals surface area contributed by atoms with Crippen molar-refractivity contribution in [1.82, 2.24) is 14.8 Å². The van der Waals surface area contributed by atoms with Gasteiger partial charge in [0.1, 0.15) is 12.4 Å². The molecule has 150 valence electrons. The molecule has 0 radical (unpaired) electrons. The van der Waals surface area contributed by atoms with Gasteiger partial charge in [0.05, 0.1) is 11.3 Å². The highest BCUT2D eigenvalue weighted by Gasteiger charge is 2.12. The standard InChI is InChI=1S/C19H17ClN4O4S/c1-24-16(10-28-15-8-4-13(20)5-9-15)22-23-19(24)29-11-17(25)21-14-6-2-12(3-7-14)18(26)27/h2-9H,10-11H2,1H3,(H,21,25)(H,26,27). The van der Waals surface area contributed by atoms with Crippen molar-refractivity contribution in [2.45, 2.75) is 11.8 Å². The number of anilines is 1. The van der Waals surface area contributed by atoms with Crippen LogP contribution in [-0.2, 0) is 18.4 Å². The van der Waals surface area contributed by atoms with Crippen molar-refractivity contribution in [3.05, 3.63) is 64.9 Å². The molecule has 0 unspecified atom stereocenters. The summed E-state index contributed by atoms with van der Waals surface area (Å²) in [4.78, 5) is 23.0. The van der Waals surface area contributed by atoms with E-state index < -0.39 is 5.97 Å². The van der Waals surface area contributed by atoms with E-state index >= 15 is 0 Å². The van der Waals surface area contributed by atoms with Crippen molar-refractivity contribution in [1.29, 1.82) is 0 Å². The molecule has 10 heteroatoms. The van der Waals surface area contributed by atoms with Gasteiger partial charge in [0.2, 0.25) is 5.91 Å². The van der Waals surface area contributed by atoms with Gasteiger partial charge in [-0.25, -0.2) is 4.79 Å². The number of carbonyl (C=O) groups excluding carboxylic acids is 1. The van der Waals surface area contributed by atoms with Crippen LogP contribution in [0.15, 0.2) is 53.7 Å². The highest BCUT2D eigenvalue weighted by molar-refractivity contribution is 7.99. The minimum atomic E-state index is -1.02. The number of carboxylic acids is 1. The van der Waals surface area contributed by atoms with E-state index in [1.165, 1.54) is 23.9 Å². The molecule has 0 saturated heterocycles. The summed E-state index contributed by atoms with van der Waals surface area (Å²) in [5.41, 5.74) is 0.681. The van der Waals surface area contributed by atoms with E-state index in [4.69, 9.17) is 21.4 Å². The highest BCUT2D eigenvalue weighted by Crippen LogP contribution is 2.19. The summed E-state index contributed by atoms with van der Waals surface area (Å²) in [5.74, 6) is 0.161. The molecule has 29 heavy (non-hydrogen) atoms. The molecule has 3 aromatic rings. The molecule has 0 fully saturated rings. The zero-order valence-electron chi connectivity index (χ0n) is 15.3. The number of aromatic carboxylic acids is 1. The lowest BCUT2D eigenvalue weighted by Crippen LogP contribution is -2.14. The minimum absolute atomic E-state index is 0.130. The maximum absolute atomic E-state index is 12.1. The Morgan fingerprint density at radius 1 is 1.14 bits per heavy atom. The van der Waals surface area contributed by atoms with Crippen LogP contribution in [0.25, 0.3) is 0 Å². The largest absolute Gasteiger partial charge is 0.486 e. The number of thioether (sulfide) groups is 1. The van der Waals surface area contributed by atoms with Crippen molar-refractivity contribution in [2.75, 3.05) is 11.1 Å². The van der Waals surface area contributed by atoms with Gasteiger partial charge < -0.3 is 19.7 Å². The minimum Gasteiger partial charge on any atom is -0.486 e. The van der Waals surface area contributed by atoms with Gasteiger partial charge in [-0.05, 0) is 48.5 Å². The first-order valence-corrected chi connectivity index (χ1v) is 9.81. The number of benzene rings is 2. The number of nitrogens with one attached hydrogen (secondary N) is 1. The quantitative estimate of drug-likeness (QED) is 0.525. The molecule has 0 aliphatic carbocycles. The molecule has 3 rings (SSSR count). The summed E-state index contributed by atoms with van der Waals surface area (Å²) < 4.78 is 7.42. The van der Waals surface area contributed by atoms with Crippen LogP contribution in [0.1, 0.15) is 16.2 Å². The number of aromatic nitrogens is 3. The van der Waals surface area contributed by atoms with Gasteiger partial charge in [-0.1, -0.05) is 23.4 Å². The second kappa shape index (κ2) is 9.44. The molecule has 0 saturated carbocycles. The topological polar surface area (TPSA) is 106 Å². The van der Waals surface area contributed by atoms with Crippen LogP contribution in [0.4, 0.5) is 5.69 Å². The number of hydrogen-bond donors (Lipinski definition) is 2. The third-order valence-electron chi connectivity index (χ3n) is 3.85. The summed E-state index contributed by atoms with van der Waals surface area (Å²) in [5, 5.41) is 21.0. The number of rotatable bonds is 8. The van der Waals surface area contributed by atoms with Gasteiger partial charge in [-0.15, -0.1) is 10.2 Å². The number of nitrogens with zero attached hydrogens (tertiary/aromatic N) is 3. The fourth-order valence-electron chi connectivity index (χ4n) is 2.30. The van der Waals surface area contributed by atoms with Crippen molar-refractivity contribution in [2.24, 2.45) is 7.05 Å². The maximum atomic E-state index is 12.1. The molecule has 2 aromatic carbocycles. The summed E-state index contributed by atoms with van der Waals surface area (Å²) in [6.45, 7) is 0.230. The number of halogens is 1. The van der Waals surface area contributed by atoms with Crippen LogP contribution in [0, 0.1) is 0 Å². The summed E-state index contributed by atoms with van der Waals surface area (Å²) in [7, 11) is 1.80. The van der Waals surface area contributed by atoms with E-state index in [0.717, 1.165) is 0 Å². The lowest BCUT2D eigenvalue weighted by molar-refractivity contribution is -0.113. The number of carboxylic acid groups (broad SMARTS) is 1. The third kappa shape index (κ3) is 5.72. The van der Waals surface area contributed by atoms with Crippen molar-refractivity contribution < 1.29 is 19.4 Å². The maximum Gasteiger partial charge on any atom is 0.335 e. The molecule has 1 aromatic heterocycles. The number of carbonyl (C=O) groups is 2. The normalized spacial score (nSPS) is 10.6. The molecule has 8 nitrogen and oxygen atoms in total. The lowest BCUT2D eigenvalue weighted by atomic mass is 10.2. The van der Waals surface area contributed by atoms with Crippen LogP contribution in [0.3, 0.4) is 0 Å². The Morgan fingerprint density at radius 2 is 1.83 bits per heavy atom. The van der Waals surface area contributed by atoms with E-state index in [-0.39, 0.29) is 23.8 Å². The van der Waals surface area contributed by atoms with Crippen LogP contribution in [0.5, 0.6) is 5.75 Å². The number of hydrogen-bond acceptors (Lipinski definition) is 6. The second-order valence-corrected chi connectivity index (χ2v) is 7.30. The van der Waals surface area contributed by atoms with Gasteiger partial charge >= 0.3 is 5.97 Å². The summed E-state index contributed by atoms with van der Waals surface area (Å²) in [6, 6.07) is 13.0. The molecule has 0 bridgehead atoms. The van der Waals surface area contributed by atoms with Crippen LogP contribution < -0.4 is 10.1 Å². The van der Waals surface area contributed by atoms with E-state index in [1.54, 1.807) is 48.0 Å². The Hall–Kier alpha value is -3.04. The van der Waals surface area contributed by atoms with Crippen LogP contribution in [0.2, 0.25) is 5.02 Å². The van der Waals surface area contributed by atoms with E-state index in [2.05, 4.69) is 15.5 Å². The SMILES string of the molecule is Cn1c(COc2ccc(Cl)cc2)nnc1SCC(=O)Nc1ccc(C(=O)O)cc1. The molecule has 2 N–H and O–H groups in total. The van der Waals surface area contributed by atoms with Gasteiger partial charge in [0.15, 0.2) is 11.0 Å². The molecule has 0 aliphatic rings. The smallest absolute Gasteiger partial charge is 0.335 e. The average Bonchev–Trinajstić information content (AvgIpc) is 3.06. The Labute approximate surface area is 175 Å². The highest BCUT2D eigenvalue weighted by atomic mass is 35.5. The Morgan fingerprint density at radius 3 is 2.48 bits per heavy atom. The van der Waals surface area contributed by atoms with Crippen molar-refractivity contribution in [3.63, 3.8) is 0 Å². The molecular formula is C19H17ClN4O4S. The molecule has 0 aliphatic heterocycles. The van der Waals surface area contributed by atoms with Crippen LogP contribution >= 0.6 is 23.4 Å². The molecule has 0 spiro atoms. The molecule has 0 atom stereocenters. The van der Waals surface area contributed by atoms with E-state index in [9.17, 15) is 9.59 Å². The Balaban J connectivity index is 1.50. The second-order valence-electron chi connectivity index (χ2n) is 5.92. The first-order valence-electron chi connectivity index (χ1n) is 8.45. The third-order valence-corrected chi connectivity index (χ3v) is 5.13. The van der Waals surface area contributed by atoms with E-state index in [1.807, 2.05) is 0 Å². The van der Waals surface area contributed by atoms with Crippen molar-refractivity contribution >= 4 is 40.9 Å².